The van der Waals surface area contributed by atoms with E-state index < -0.39 is 5.97 Å². The molecule has 0 spiro atoms. The fourth-order valence-corrected chi connectivity index (χ4v) is 3.85. The average molecular weight is 494 g/mol. The van der Waals surface area contributed by atoms with Crippen LogP contribution in [0.5, 0.6) is 11.5 Å². The monoisotopic (exact) mass is 493 g/mol. The van der Waals surface area contributed by atoms with Crippen LogP contribution in [0, 0.1) is 5.92 Å². The van der Waals surface area contributed by atoms with Gasteiger partial charge in [-0.15, -0.1) is 10.2 Å². The third-order valence-electron chi connectivity index (χ3n) is 5.55. The smallest absolute Gasteiger partial charge is 0.338 e. The fraction of sp³-hybridized carbons (Fsp3) is 0.423. The molecule has 1 N–H and O–H groups in total. The summed E-state index contributed by atoms with van der Waals surface area (Å²) in [4.78, 5) is 26.3. The highest BCUT2D eigenvalue weighted by molar-refractivity contribution is 5.90. The molecule has 1 atom stereocenters. The molecule has 0 fully saturated rings. The van der Waals surface area contributed by atoms with Crippen LogP contribution in [0.2, 0.25) is 0 Å². The van der Waals surface area contributed by atoms with Gasteiger partial charge in [0.15, 0.2) is 11.5 Å². The van der Waals surface area contributed by atoms with Crippen molar-refractivity contribution in [1.29, 1.82) is 0 Å². The quantitative estimate of drug-likeness (QED) is 0.473. The SMILES string of the molecule is CC(C)OC(=O)c1cccc(-c2nnn(CC(=O)NC(c3ccc4c(c3)OCCCO4)C(C)C)n2)c1. The summed E-state index contributed by atoms with van der Waals surface area (Å²) in [6.07, 6.45) is 0.605. The highest BCUT2D eigenvalue weighted by Crippen LogP contribution is 2.34. The maximum Gasteiger partial charge on any atom is 0.338 e. The second kappa shape index (κ2) is 11.2. The number of aromatic nitrogens is 4. The standard InChI is InChI=1S/C26H31N5O5/c1-16(2)24(18-9-10-21-22(14-18)35-12-6-11-34-21)27-23(32)15-31-29-25(28-30-31)19-7-5-8-20(13-19)26(33)36-17(3)4/h5,7-10,13-14,16-17,24H,6,11-12,15H2,1-4H3,(H,27,32). The first-order valence-corrected chi connectivity index (χ1v) is 12.1. The Kier molecular flexibility index (Phi) is 7.82. The zero-order valence-electron chi connectivity index (χ0n) is 20.9. The molecule has 4 rings (SSSR count). The molecule has 0 saturated carbocycles. The molecule has 10 heteroatoms. The van der Waals surface area contributed by atoms with Crippen LogP contribution in [-0.4, -0.2) is 51.4 Å². The largest absolute Gasteiger partial charge is 0.490 e. The Morgan fingerprint density at radius 2 is 1.83 bits per heavy atom. The van der Waals surface area contributed by atoms with Gasteiger partial charge >= 0.3 is 5.97 Å². The molecule has 2 aromatic carbocycles. The van der Waals surface area contributed by atoms with Gasteiger partial charge in [-0.1, -0.05) is 32.0 Å². The van der Waals surface area contributed by atoms with Gasteiger partial charge in [0, 0.05) is 12.0 Å². The Morgan fingerprint density at radius 3 is 2.58 bits per heavy atom. The van der Waals surface area contributed by atoms with Crippen LogP contribution in [0.4, 0.5) is 0 Å². The van der Waals surface area contributed by atoms with E-state index in [2.05, 4.69) is 20.7 Å². The topological polar surface area (TPSA) is 117 Å². The molecular weight excluding hydrogens is 462 g/mol. The average Bonchev–Trinajstić information content (AvgIpc) is 3.18. The van der Waals surface area contributed by atoms with Gasteiger partial charge < -0.3 is 19.5 Å². The summed E-state index contributed by atoms with van der Waals surface area (Å²) in [7, 11) is 0. The summed E-state index contributed by atoms with van der Waals surface area (Å²) in [6.45, 7) is 8.77. The number of nitrogens with one attached hydrogen (secondary N) is 1. The molecule has 1 amide bonds. The third kappa shape index (κ3) is 6.18. The Hall–Kier alpha value is -3.95. The first-order chi connectivity index (χ1) is 17.3. The van der Waals surface area contributed by atoms with Gasteiger partial charge in [-0.2, -0.15) is 4.80 Å². The van der Waals surface area contributed by atoms with Crippen molar-refractivity contribution in [1.82, 2.24) is 25.5 Å². The molecule has 3 aromatic rings. The lowest BCUT2D eigenvalue weighted by atomic mass is 9.95. The number of hydrogen-bond acceptors (Lipinski definition) is 8. The Bertz CT molecular complexity index is 1220. The van der Waals surface area contributed by atoms with Crippen molar-refractivity contribution in [2.45, 2.75) is 52.8 Å². The van der Waals surface area contributed by atoms with E-state index in [4.69, 9.17) is 14.2 Å². The predicted molar refractivity (Wildman–Crippen MR) is 132 cm³/mol. The van der Waals surface area contributed by atoms with Crippen molar-refractivity contribution < 1.29 is 23.8 Å². The summed E-state index contributed by atoms with van der Waals surface area (Å²) in [5, 5.41) is 15.4. The normalized spacial score (nSPS) is 13.8. The second-order valence-corrected chi connectivity index (χ2v) is 9.22. The van der Waals surface area contributed by atoms with Crippen molar-refractivity contribution in [2.24, 2.45) is 5.92 Å². The van der Waals surface area contributed by atoms with E-state index in [0.717, 1.165) is 12.0 Å². The van der Waals surface area contributed by atoms with E-state index in [1.807, 2.05) is 32.0 Å². The number of amides is 1. The molecule has 2 heterocycles. The number of hydrogen-bond donors (Lipinski definition) is 1. The summed E-state index contributed by atoms with van der Waals surface area (Å²) < 4.78 is 16.8. The molecule has 1 unspecified atom stereocenters. The molecule has 0 bridgehead atoms. The molecule has 36 heavy (non-hydrogen) atoms. The number of nitrogens with zero attached hydrogens (tertiary/aromatic N) is 4. The van der Waals surface area contributed by atoms with Crippen molar-refractivity contribution in [2.75, 3.05) is 13.2 Å². The number of fused-ring (bicyclic) bond motifs is 1. The predicted octanol–water partition coefficient (Wildman–Crippen LogP) is 3.58. The summed E-state index contributed by atoms with van der Waals surface area (Å²) in [5.41, 5.74) is 1.93. The van der Waals surface area contributed by atoms with Crippen molar-refractivity contribution in [3.63, 3.8) is 0 Å². The number of tetrazole rings is 1. The van der Waals surface area contributed by atoms with Crippen LogP contribution in [0.1, 0.15) is 56.1 Å². The number of rotatable bonds is 8. The van der Waals surface area contributed by atoms with Gasteiger partial charge in [0.2, 0.25) is 11.7 Å². The molecule has 0 saturated heterocycles. The Balaban J connectivity index is 1.44. The minimum atomic E-state index is -0.423. The molecule has 0 aliphatic carbocycles. The Labute approximate surface area is 209 Å². The maximum atomic E-state index is 12.9. The zero-order chi connectivity index (χ0) is 25.7. The van der Waals surface area contributed by atoms with Crippen LogP contribution in [0.15, 0.2) is 42.5 Å². The molecular formula is C26H31N5O5. The second-order valence-electron chi connectivity index (χ2n) is 9.22. The van der Waals surface area contributed by atoms with Gasteiger partial charge in [0.1, 0.15) is 6.54 Å². The number of benzene rings is 2. The van der Waals surface area contributed by atoms with E-state index in [0.29, 0.717) is 41.7 Å². The summed E-state index contributed by atoms with van der Waals surface area (Å²) in [5.74, 6) is 1.17. The molecule has 0 radical (unpaired) electrons. The van der Waals surface area contributed by atoms with Crippen LogP contribution in [0.3, 0.4) is 0 Å². The zero-order valence-corrected chi connectivity index (χ0v) is 20.9. The van der Waals surface area contributed by atoms with E-state index in [-0.39, 0.29) is 30.5 Å². The number of carbonyl (C=O) groups is 2. The fourth-order valence-electron chi connectivity index (χ4n) is 3.85. The first kappa shape index (κ1) is 25.2. The van der Waals surface area contributed by atoms with E-state index in [9.17, 15) is 9.59 Å². The van der Waals surface area contributed by atoms with Crippen LogP contribution in [-0.2, 0) is 16.1 Å². The molecule has 1 aromatic heterocycles. The molecule has 10 nitrogen and oxygen atoms in total. The van der Waals surface area contributed by atoms with Gasteiger partial charge in [-0.3, -0.25) is 4.79 Å². The number of ether oxygens (including phenoxy) is 3. The summed E-state index contributed by atoms with van der Waals surface area (Å²) in [6, 6.07) is 12.3. The van der Waals surface area contributed by atoms with Crippen molar-refractivity contribution in [3.05, 3.63) is 53.6 Å². The minimum Gasteiger partial charge on any atom is -0.490 e. The minimum absolute atomic E-state index is 0.101. The van der Waals surface area contributed by atoms with E-state index in [1.165, 1.54) is 4.80 Å². The third-order valence-corrected chi connectivity index (χ3v) is 5.55. The lowest BCUT2D eigenvalue weighted by Gasteiger charge is -2.23. The first-order valence-electron chi connectivity index (χ1n) is 12.1. The van der Waals surface area contributed by atoms with E-state index >= 15 is 0 Å². The number of esters is 1. The van der Waals surface area contributed by atoms with Crippen LogP contribution >= 0.6 is 0 Å². The van der Waals surface area contributed by atoms with Gasteiger partial charge in [0.05, 0.1) is 30.9 Å². The van der Waals surface area contributed by atoms with Crippen LogP contribution in [0.25, 0.3) is 11.4 Å². The number of carbonyl (C=O) groups excluding carboxylic acids is 2. The van der Waals surface area contributed by atoms with Gasteiger partial charge in [-0.25, -0.2) is 4.79 Å². The van der Waals surface area contributed by atoms with E-state index in [1.54, 1.807) is 38.1 Å². The highest BCUT2D eigenvalue weighted by Gasteiger charge is 2.22. The molecule has 1 aliphatic rings. The van der Waals surface area contributed by atoms with Gasteiger partial charge in [-0.05, 0) is 54.8 Å². The van der Waals surface area contributed by atoms with Gasteiger partial charge in [0.25, 0.3) is 0 Å². The maximum absolute atomic E-state index is 12.9. The molecule has 1 aliphatic heterocycles. The van der Waals surface area contributed by atoms with Crippen molar-refractivity contribution >= 4 is 11.9 Å². The van der Waals surface area contributed by atoms with Crippen molar-refractivity contribution in [3.8, 4) is 22.9 Å². The lowest BCUT2D eigenvalue weighted by Crippen LogP contribution is -2.34. The lowest BCUT2D eigenvalue weighted by molar-refractivity contribution is -0.123. The van der Waals surface area contributed by atoms with Crippen LogP contribution < -0.4 is 14.8 Å². The highest BCUT2D eigenvalue weighted by atomic mass is 16.5. The molecule has 190 valence electrons. The summed E-state index contributed by atoms with van der Waals surface area (Å²) >= 11 is 0. The Morgan fingerprint density at radius 1 is 1.06 bits per heavy atom.